The van der Waals surface area contributed by atoms with Crippen molar-refractivity contribution in [2.45, 2.75) is 59.0 Å². The predicted molar refractivity (Wildman–Crippen MR) is 91.8 cm³/mol. The molecule has 0 aromatic carbocycles. The van der Waals surface area contributed by atoms with E-state index in [2.05, 4.69) is 24.3 Å². The van der Waals surface area contributed by atoms with Crippen LogP contribution in [0.2, 0.25) is 0 Å². The van der Waals surface area contributed by atoms with E-state index < -0.39 is 5.54 Å². The van der Waals surface area contributed by atoms with Crippen molar-refractivity contribution in [2.24, 2.45) is 5.92 Å². The number of ether oxygens (including phenoxy) is 1. The highest BCUT2D eigenvalue weighted by molar-refractivity contribution is 5.89. The lowest BCUT2D eigenvalue weighted by Gasteiger charge is -2.37. The molecule has 0 radical (unpaired) electrons. The van der Waals surface area contributed by atoms with Gasteiger partial charge in [-0.15, -0.1) is 0 Å². The summed E-state index contributed by atoms with van der Waals surface area (Å²) in [5.41, 5.74) is -0.353. The van der Waals surface area contributed by atoms with Gasteiger partial charge >= 0.3 is 12.0 Å². The van der Waals surface area contributed by atoms with Gasteiger partial charge in [0.05, 0.1) is 18.5 Å². The monoisotopic (exact) mass is 336 g/mol. The maximum Gasteiger partial charge on any atom is 0.333 e. The van der Waals surface area contributed by atoms with Crippen LogP contribution < -0.4 is 5.32 Å². The number of nitrogens with zero attached hydrogens (tertiary/aromatic N) is 3. The Hall–Kier alpha value is -2.05. The molecule has 2 amide bonds. The molecule has 7 heteroatoms. The van der Waals surface area contributed by atoms with Crippen molar-refractivity contribution in [1.82, 2.24) is 14.7 Å². The number of amides is 2. The van der Waals surface area contributed by atoms with E-state index in [0.717, 1.165) is 19.4 Å². The standard InChI is InChI=1S/C17H28N4O3/c1-6-24-15(22)17(4,5)21-11-14(10-18-21)19-16(23)20-9-7-8-12(2)13(20)3/h10-13H,6-9H2,1-5H3,(H,19,23)/t12-,13-/m1/s1. The second-order valence-corrected chi connectivity index (χ2v) is 6.94. The molecule has 7 nitrogen and oxygen atoms in total. The van der Waals surface area contributed by atoms with Crippen LogP contribution in [0.3, 0.4) is 0 Å². The smallest absolute Gasteiger partial charge is 0.333 e. The largest absolute Gasteiger partial charge is 0.464 e. The Balaban J connectivity index is 2.05. The number of rotatable bonds is 4. The zero-order valence-corrected chi connectivity index (χ0v) is 15.2. The first-order valence-corrected chi connectivity index (χ1v) is 8.57. The van der Waals surface area contributed by atoms with Crippen molar-refractivity contribution in [2.75, 3.05) is 18.5 Å². The van der Waals surface area contributed by atoms with Gasteiger partial charge in [-0.05, 0) is 46.5 Å². The summed E-state index contributed by atoms with van der Waals surface area (Å²) in [4.78, 5) is 26.4. The second kappa shape index (κ2) is 7.23. The molecule has 2 atom stereocenters. The van der Waals surface area contributed by atoms with Crippen LogP contribution in [-0.4, -0.2) is 45.9 Å². The Morgan fingerprint density at radius 1 is 1.42 bits per heavy atom. The third kappa shape index (κ3) is 3.71. The highest BCUT2D eigenvalue weighted by atomic mass is 16.5. The molecule has 24 heavy (non-hydrogen) atoms. The molecule has 1 N–H and O–H groups in total. The summed E-state index contributed by atoms with van der Waals surface area (Å²) >= 11 is 0. The number of carbonyl (C=O) groups is 2. The van der Waals surface area contributed by atoms with Crippen molar-refractivity contribution in [1.29, 1.82) is 0 Å². The molecular weight excluding hydrogens is 308 g/mol. The van der Waals surface area contributed by atoms with Gasteiger partial charge in [-0.1, -0.05) is 6.92 Å². The Labute approximate surface area is 143 Å². The molecule has 1 saturated heterocycles. The number of urea groups is 1. The number of hydrogen-bond donors (Lipinski definition) is 1. The Morgan fingerprint density at radius 2 is 2.12 bits per heavy atom. The highest BCUT2D eigenvalue weighted by Crippen LogP contribution is 2.24. The second-order valence-electron chi connectivity index (χ2n) is 6.94. The third-order valence-electron chi connectivity index (χ3n) is 4.82. The number of hydrogen-bond acceptors (Lipinski definition) is 4. The number of esters is 1. The fourth-order valence-electron chi connectivity index (χ4n) is 2.91. The average Bonchev–Trinajstić information content (AvgIpc) is 2.99. The van der Waals surface area contributed by atoms with E-state index in [1.165, 1.54) is 4.68 Å². The Morgan fingerprint density at radius 3 is 2.79 bits per heavy atom. The highest BCUT2D eigenvalue weighted by Gasteiger charge is 2.33. The number of aromatic nitrogens is 2. The fraction of sp³-hybridized carbons (Fsp3) is 0.706. The first kappa shape index (κ1) is 18.3. The summed E-state index contributed by atoms with van der Waals surface area (Å²) in [5, 5.41) is 7.08. The zero-order chi connectivity index (χ0) is 17.9. The average molecular weight is 336 g/mol. The van der Waals surface area contributed by atoms with Gasteiger partial charge in [-0.2, -0.15) is 5.10 Å². The van der Waals surface area contributed by atoms with Crippen LogP contribution in [-0.2, 0) is 15.1 Å². The molecule has 0 spiro atoms. The van der Waals surface area contributed by atoms with E-state index in [1.54, 1.807) is 33.2 Å². The SMILES string of the molecule is CCOC(=O)C(C)(C)n1cc(NC(=O)N2CCC[C@@H](C)[C@H]2C)cn1. The van der Waals surface area contributed by atoms with Crippen LogP contribution in [0.25, 0.3) is 0 Å². The number of piperidine rings is 1. The normalized spacial score (nSPS) is 21.5. The van der Waals surface area contributed by atoms with Gasteiger partial charge in [0.1, 0.15) is 0 Å². The van der Waals surface area contributed by atoms with E-state index in [9.17, 15) is 9.59 Å². The molecule has 1 fully saturated rings. The minimum absolute atomic E-state index is 0.123. The minimum Gasteiger partial charge on any atom is -0.464 e. The van der Waals surface area contributed by atoms with Crippen molar-refractivity contribution < 1.29 is 14.3 Å². The number of carbonyl (C=O) groups excluding carboxylic acids is 2. The Bertz CT molecular complexity index is 596. The summed E-state index contributed by atoms with van der Waals surface area (Å²) < 4.78 is 6.59. The van der Waals surface area contributed by atoms with Crippen molar-refractivity contribution in [3.8, 4) is 0 Å². The first-order chi connectivity index (χ1) is 11.3. The molecule has 1 aliphatic rings. The zero-order valence-electron chi connectivity index (χ0n) is 15.2. The van der Waals surface area contributed by atoms with E-state index in [-0.39, 0.29) is 18.0 Å². The number of likely N-dealkylation sites (tertiary alicyclic amines) is 1. The van der Waals surface area contributed by atoms with E-state index in [4.69, 9.17) is 4.74 Å². The molecule has 1 aromatic heterocycles. The lowest BCUT2D eigenvalue weighted by atomic mass is 9.92. The van der Waals surface area contributed by atoms with Crippen LogP contribution in [0, 0.1) is 5.92 Å². The van der Waals surface area contributed by atoms with Crippen LogP contribution >= 0.6 is 0 Å². The number of anilines is 1. The molecule has 2 heterocycles. The molecule has 0 aliphatic carbocycles. The molecule has 1 aliphatic heterocycles. The predicted octanol–water partition coefficient (Wildman–Crippen LogP) is 2.83. The van der Waals surface area contributed by atoms with Crippen LogP contribution in [0.4, 0.5) is 10.5 Å². The molecule has 134 valence electrons. The van der Waals surface area contributed by atoms with Gasteiger partial charge in [0.15, 0.2) is 5.54 Å². The molecule has 0 unspecified atom stereocenters. The molecular formula is C17H28N4O3. The van der Waals surface area contributed by atoms with Crippen molar-refractivity contribution in [3.63, 3.8) is 0 Å². The maximum atomic E-state index is 12.5. The summed E-state index contributed by atoms with van der Waals surface area (Å²) in [6, 6.07) is 0.0901. The van der Waals surface area contributed by atoms with Gasteiger partial charge in [-0.3, -0.25) is 4.68 Å². The summed E-state index contributed by atoms with van der Waals surface area (Å²) in [5.74, 6) is 0.138. The van der Waals surface area contributed by atoms with Gasteiger partial charge in [0, 0.05) is 18.8 Å². The fourth-order valence-corrected chi connectivity index (χ4v) is 2.91. The quantitative estimate of drug-likeness (QED) is 0.858. The summed E-state index contributed by atoms with van der Waals surface area (Å²) in [7, 11) is 0. The Kier molecular flexibility index (Phi) is 5.51. The lowest BCUT2D eigenvalue weighted by molar-refractivity contribution is -0.152. The summed E-state index contributed by atoms with van der Waals surface area (Å²) in [6.45, 7) is 10.6. The van der Waals surface area contributed by atoms with Gasteiger partial charge in [0.2, 0.25) is 0 Å². The molecule has 0 bridgehead atoms. The summed E-state index contributed by atoms with van der Waals surface area (Å²) in [6.07, 6.45) is 5.38. The first-order valence-electron chi connectivity index (χ1n) is 8.57. The minimum atomic E-state index is -0.925. The van der Waals surface area contributed by atoms with Crippen LogP contribution in [0.1, 0.15) is 47.5 Å². The molecule has 1 aromatic rings. The molecule has 2 rings (SSSR count). The van der Waals surface area contributed by atoms with Gasteiger partial charge in [-0.25, -0.2) is 9.59 Å². The third-order valence-corrected chi connectivity index (χ3v) is 4.82. The maximum absolute atomic E-state index is 12.5. The number of nitrogens with one attached hydrogen (secondary N) is 1. The van der Waals surface area contributed by atoms with Crippen molar-refractivity contribution >= 4 is 17.7 Å². The molecule has 0 saturated carbocycles. The topological polar surface area (TPSA) is 76.5 Å². The van der Waals surface area contributed by atoms with Gasteiger partial charge < -0.3 is 15.0 Å². The lowest BCUT2D eigenvalue weighted by Crippen LogP contribution is -2.47. The van der Waals surface area contributed by atoms with Crippen molar-refractivity contribution in [3.05, 3.63) is 12.4 Å². The van der Waals surface area contributed by atoms with E-state index >= 15 is 0 Å². The van der Waals surface area contributed by atoms with Crippen LogP contribution in [0.15, 0.2) is 12.4 Å². The van der Waals surface area contributed by atoms with E-state index in [1.807, 2.05) is 4.90 Å². The van der Waals surface area contributed by atoms with E-state index in [0.29, 0.717) is 18.2 Å². The van der Waals surface area contributed by atoms with Gasteiger partial charge in [0.25, 0.3) is 0 Å². The van der Waals surface area contributed by atoms with Crippen LogP contribution in [0.5, 0.6) is 0 Å².